The van der Waals surface area contributed by atoms with Crippen LogP contribution in [-0.2, 0) is 9.53 Å². The van der Waals surface area contributed by atoms with Crippen LogP contribution in [0.25, 0.3) is 0 Å². The lowest BCUT2D eigenvalue weighted by molar-refractivity contribution is -0.130. The minimum atomic E-state index is -0.0000813. The maximum Gasteiger partial charge on any atom is 0.253 e. The van der Waals surface area contributed by atoms with Crippen LogP contribution in [0.3, 0.4) is 0 Å². The molecule has 2 aliphatic heterocycles. The summed E-state index contributed by atoms with van der Waals surface area (Å²) in [6.07, 6.45) is 5.08. The van der Waals surface area contributed by atoms with Crippen molar-refractivity contribution in [2.75, 3.05) is 29.5 Å². The first-order chi connectivity index (χ1) is 10.8. The van der Waals surface area contributed by atoms with Crippen molar-refractivity contribution in [2.24, 2.45) is 0 Å². The quantitative estimate of drug-likeness (QED) is 0.830. The van der Waals surface area contributed by atoms with E-state index in [-0.39, 0.29) is 24.7 Å². The van der Waals surface area contributed by atoms with Crippen LogP contribution >= 0.6 is 0 Å². The molecular formula is C16H16N4O2. The average molecular weight is 296 g/mol. The second-order valence-corrected chi connectivity index (χ2v) is 5.48. The number of nitrogens with zero attached hydrogens (tertiary/aromatic N) is 4. The second-order valence-electron chi connectivity index (χ2n) is 5.48. The molecule has 2 aliphatic rings. The Morgan fingerprint density at radius 3 is 2.77 bits per heavy atom. The van der Waals surface area contributed by atoms with Crippen LogP contribution in [0, 0.1) is 0 Å². The van der Waals surface area contributed by atoms with Gasteiger partial charge in [-0.2, -0.15) is 0 Å². The summed E-state index contributed by atoms with van der Waals surface area (Å²) in [5.74, 6) is 0.828. The lowest BCUT2D eigenvalue weighted by Crippen LogP contribution is -2.54. The van der Waals surface area contributed by atoms with Gasteiger partial charge in [-0.3, -0.25) is 9.78 Å². The Balaban J connectivity index is 1.63. The number of anilines is 2. The van der Waals surface area contributed by atoms with E-state index < -0.39 is 0 Å². The molecule has 2 fully saturated rings. The molecule has 0 radical (unpaired) electrons. The van der Waals surface area contributed by atoms with E-state index in [2.05, 4.69) is 14.9 Å². The average Bonchev–Trinajstić information content (AvgIpc) is 3.00. The number of aromatic nitrogens is 2. The standard InChI is InChI=1S/C16H16N4O2/c21-16-11-22-14-10-19(15-8-17-6-7-18-15)9-13(14)20(16)12-4-2-1-3-5-12/h1-8,13-14H,9-11H2/t13-,14-/m0/s1. The highest BCUT2D eigenvalue weighted by Gasteiger charge is 2.44. The highest BCUT2D eigenvalue weighted by molar-refractivity contribution is 5.96. The largest absolute Gasteiger partial charge is 0.364 e. The van der Waals surface area contributed by atoms with Gasteiger partial charge in [0.2, 0.25) is 0 Å². The van der Waals surface area contributed by atoms with E-state index in [9.17, 15) is 4.79 Å². The van der Waals surface area contributed by atoms with Gasteiger partial charge < -0.3 is 14.5 Å². The molecule has 2 saturated heterocycles. The first-order valence-electron chi connectivity index (χ1n) is 7.32. The Morgan fingerprint density at radius 2 is 2.00 bits per heavy atom. The molecule has 0 saturated carbocycles. The minimum Gasteiger partial charge on any atom is -0.364 e. The molecule has 0 spiro atoms. The van der Waals surface area contributed by atoms with Crippen molar-refractivity contribution in [2.45, 2.75) is 12.1 Å². The molecule has 112 valence electrons. The Kier molecular flexibility index (Phi) is 3.23. The summed E-state index contributed by atoms with van der Waals surface area (Å²) < 4.78 is 5.74. The predicted octanol–water partition coefficient (Wildman–Crippen LogP) is 1.10. The molecule has 6 nitrogen and oxygen atoms in total. The third-order valence-electron chi connectivity index (χ3n) is 4.17. The molecule has 2 atom stereocenters. The van der Waals surface area contributed by atoms with Gasteiger partial charge in [0.25, 0.3) is 5.91 Å². The number of carbonyl (C=O) groups is 1. The molecule has 1 aromatic heterocycles. The van der Waals surface area contributed by atoms with Crippen LogP contribution in [0.4, 0.5) is 11.5 Å². The van der Waals surface area contributed by atoms with Crippen LogP contribution in [-0.4, -0.2) is 47.7 Å². The molecule has 1 amide bonds. The number of ether oxygens (including phenoxy) is 1. The van der Waals surface area contributed by atoms with Crippen LogP contribution < -0.4 is 9.80 Å². The maximum atomic E-state index is 12.3. The van der Waals surface area contributed by atoms with Crippen molar-refractivity contribution in [1.82, 2.24) is 9.97 Å². The summed E-state index contributed by atoms with van der Waals surface area (Å²) >= 11 is 0. The van der Waals surface area contributed by atoms with E-state index in [1.165, 1.54) is 0 Å². The van der Waals surface area contributed by atoms with E-state index in [0.717, 1.165) is 18.1 Å². The molecule has 6 heteroatoms. The highest BCUT2D eigenvalue weighted by atomic mass is 16.5. The number of rotatable bonds is 2. The van der Waals surface area contributed by atoms with E-state index in [0.29, 0.717) is 6.54 Å². The van der Waals surface area contributed by atoms with Crippen LogP contribution in [0.15, 0.2) is 48.9 Å². The number of morpholine rings is 1. The Bertz CT molecular complexity index is 664. The van der Waals surface area contributed by atoms with Gasteiger partial charge in [0.1, 0.15) is 12.4 Å². The molecule has 0 N–H and O–H groups in total. The van der Waals surface area contributed by atoms with Gasteiger partial charge in [0.15, 0.2) is 0 Å². The molecule has 1 aromatic carbocycles. The topological polar surface area (TPSA) is 58.6 Å². The third kappa shape index (κ3) is 2.21. The van der Waals surface area contributed by atoms with Gasteiger partial charge in [-0.25, -0.2) is 4.98 Å². The van der Waals surface area contributed by atoms with Crippen molar-refractivity contribution < 1.29 is 9.53 Å². The molecule has 0 bridgehead atoms. The van der Waals surface area contributed by atoms with Crippen molar-refractivity contribution in [3.63, 3.8) is 0 Å². The Hall–Kier alpha value is -2.47. The molecule has 2 aromatic rings. The van der Waals surface area contributed by atoms with Crippen molar-refractivity contribution >= 4 is 17.4 Å². The molecule has 3 heterocycles. The van der Waals surface area contributed by atoms with E-state index in [1.54, 1.807) is 18.6 Å². The summed E-state index contributed by atoms with van der Waals surface area (Å²) in [6.45, 7) is 1.55. The maximum absolute atomic E-state index is 12.3. The summed E-state index contributed by atoms with van der Waals surface area (Å²) in [5, 5.41) is 0. The number of para-hydroxylation sites is 1. The van der Waals surface area contributed by atoms with Crippen LogP contribution in [0.5, 0.6) is 0 Å². The first-order valence-corrected chi connectivity index (χ1v) is 7.32. The first kappa shape index (κ1) is 13.2. The fraction of sp³-hybridized carbons (Fsp3) is 0.312. The van der Waals surface area contributed by atoms with Gasteiger partial charge >= 0.3 is 0 Å². The summed E-state index contributed by atoms with van der Waals surface area (Å²) in [5.41, 5.74) is 0.923. The Morgan fingerprint density at radius 1 is 1.14 bits per heavy atom. The minimum absolute atomic E-state index is 0.0000813. The van der Waals surface area contributed by atoms with Crippen molar-refractivity contribution in [3.8, 4) is 0 Å². The van der Waals surface area contributed by atoms with Crippen molar-refractivity contribution in [3.05, 3.63) is 48.9 Å². The lowest BCUT2D eigenvalue weighted by Gasteiger charge is -2.36. The molecule has 4 rings (SSSR count). The number of carbonyl (C=O) groups excluding carboxylic acids is 1. The molecule has 0 unspecified atom stereocenters. The number of hydrogen-bond acceptors (Lipinski definition) is 5. The summed E-state index contributed by atoms with van der Waals surface area (Å²) in [7, 11) is 0. The number of amides is 1. The second kappa shape index (κ2) is 5.38. The zero-order valence-electron chi connectivity index (χ0n) is 12.0. The zero-order chi connectivity index (χ0) is 14.9. The molecule has 22 heavy (non-hydrogen) atoms. The molecular weight excluding hydrogens is 280 g/mol. The van der Waals surface area contributed by atoms with Gasteiger partial charge in [0.05, 0.1) is 18.3 Å². The SMILES string of the molecule is O=C1CO[C@H]2CN(c3cnccn3)C[C@@H]2N1c1ccccc1. The highest BCUT2D eigenvalue weighted by Crippen LogP contribution is 2.30. The van der Waals surface area contributed by atoms with Gasteiger partial charge in [-0.15, -0.1) is 0 Å². The van der Waals surface area contributed by atoms with E-state index in [1.807, 2.05) is 35.2 Å². The monoisotopic (exact) mass is 296 g/mol. The van der Waals surface area contributed by atoms with Gasteiger partial charge in [-0.1, -0.05) is 18.2 Å². The smallest absolute Gasteiger partial charge is 0.253 e. The lowest BCUT2D eigenvalue weighted by atomic mass is 10.1. The number of hydrogen-bond donors (Lipinski definition) is 0. The van der Waals surface area contributed by atoms with Gasteiger partial charge in [-0.05, 0) is 12.1 Å². The number of benzene rings is 1. The van der Waals surface area contributed by atoms with Gasteiger partial charge in [0, 0.05) is 31.2 Å². The van der Waals surface area contributed by atoms with Crippen LogP contribution in [0.1, 0.15) is 0 Å². The van der Waals surface area contributed by atoms with E-state index >= 15 is 0 Å². The zero-order valence-corrected chi connectivity index (χ0v) is 12.0. The fourth-order valence-electron chi connectivity index (χ4n) is 3.17. The number of fused-ring (bicyclic) bond motifs is 1. The third-order valence-corrected chi connectivity index (χ3v) is 4.17. The summed E-state index contributed by atoms with van der Waals surface area (Å²) in [4.78, 5) is 24.8. The normalized spacial score (nSPS) is 24.5. The van der Waals surface area contributed by atoms with Crippen LogP contribution in [0.2, 0.25) is 0 Å². The molecule has 0 aliphatic carbocycles. The predicted molar refractivity (Wildman–Crippen MR) is 81.7 cm³/mol. The summed E-state index contributed by atoms with van der Waals surface area (Å²) in [6, 6.07) is 9.78. The fourth-order valence-corrected chi connectivity index (χ4v) is 3.17. The van der Waals surface area contributed by atoms with Crippen molar-refractivity contribution in [1.29, 1.82) is 0 Å². The van der Waals surface area contributed by atoms with E-state index in [4.69, 9.17) is 4.74 Å². The Labute approximate surface area is 128 Å².